The molecule has 0 aromatic heterocycles. The van der Waals surface area contributed by atoms with E-state index in [-0.39, 0.29) is 0 Å². The van der Waals surface area contributed by atoms with Crippen molar-refractivity contribution < 1.29 is 9.31 Å². The highest BCUT2D eigenvalue weighted by Gasteiger charge is 2.05. The molecule has 2 heteroatoms. The summed E-state index contributed by atoms with van der Waals surface area (Å²) in [5, 5.41) is 0. The van der Waals surface area contributed by atoms with Crippen LogP contribution in [0.3, 0.4) is 0 Å². The van der Waals surface area contributed by atoms with Crippen molar-refractivity contribution in [2.24, 2.45) is 0 Å². The molecule has 0 N–H and O–H groups in total. The molecule has 0 saturated carbocycles. The minimum Gasteiger partial charge on any atom is -0.496 e. The van der Waals surface area contributed by atoms with Crippen LogP contribution < -0.4 is 0 Å². The number of allylic oxidation sites excluding steroid dienone is 1. The highest BCUT2D eigenvalue weighted by Crippen LogP contribution is 2.17. The summed E-state index contributed by atoms with van der Waals surface area (Å²) in [6.07, 6.45) is 2.05. The van der Waals surface area contributed by atoms with Crippen molar-refractivity contribution in [2.45, 2.75) is 6.92 Å². The van der Waals surface area contributed by atoms with E-state index < -0.39 is 0 Å². The Hall–Kier alpha value is -1.57. The van der Waals surface area contributed by atoms with Gasteiger partial charge in [0.25, 0.3) is 0 Å². The number of methoxy groups -OCH3 is 1. The van der Waals surface area contributed by atoms with Gasteiger partial charge in [-0.05, 0) is 6.92 Å². The van der Waals surface area contributed by atoms with Crippen LogP contribution in [0.1, 0.15) is 12.5 Å². The number of hydrogen-bond acceptors (Lipinski definition) is 1. The first-order valence-electron chi connectivity index (χ1n) is 4.96. The van der Waals surface area contributed by atoms with Gasteiger partial charge < -0.3 is 4.74 Å². The van der Waals surface area contributed by atoms with E-state index in [9.17, 15) is 0 Å². The van der Waals surface area contributed by atoms with Crippen LogP contribution in [-0.4, -0.2) is 32.0 Å². The molecule has 0 aliphatic heterocycles. The van der Waals surface area contributed by atoms with E-state index in [0.29, 0.717) is 0 Å². The molecule has 0 radical (unpaired) electrons. The van der Waals surface area contributed by atoms with Gasteiger partial charge in [-0.3, -0.25) is 0 Å². The molecule has 0 atom stereocenters. The van der Waals surface area contributed by atoms with E-state index in [1.54, 1.807) is 7.11 Å². The molecule has 1 rings (SSSR count). The summed E-state index contributed by atoms with van der Waals surface area (Å²) in [6.45, 7) is 2.05. The van der Waals surface area contributed by atoms with E-state index in [0.717, 1.165) is 16.9 Å². The molecule has 0 bridgehead atoms. The van der Waals surface area contributed by atoms with E-state index in [2.05, 4.69) is 0 Å². The molecule has 80 valence electrons. The van der Waals surface area contributed by atoms with Crippen molar-refractivity contribution in [3.63, 3.8) is 0 Å². The summed E-state index contributed by atoms with van der Waals surface area (Å²) in [6, 6.07) is 10.1. The fourth-order valence-electron chi connectivity index (χ4n) is 1.54. The SMILES string of the molecule is CO/C(=C(\C)C=[N+](C)C)c1ccccc1. The van der Waals surface area contributed by atoms with Crippen LogP contribution in [0.25, 0.3) is 5.76 Å². The van der Waals surface area contributed by atoms with Gasteiger partial charge in [0.05, 0.1) is 12.7 Å². The minimum atomic E-state index is 0.921. The predicted molar refractivity (Wildman–Crippen MR) is 64.2 cm³/mol. The largest absolute Gasteiger partial charge is 0.496 e. The molecule has 0 aliphatic carbocycles. The second-order valence-corrected chi connectivity index (χ2v) is 3.67. The lowest BCUT2D eigenvalue weighted by Gasteiger charge is -2.07. The Morgan fingerprint density at radius 2 is 1.80 bits per heavy atom. The Kier molecular flexibility index (Phi) is 4.10. The lowest BCUT2D eigenvalue weighted by Crippen LogP contribution is -2.02. The molecule has 0 amide bonds. The minimum absolute atomic E-state index is 0.921. The first kappa shape index (κ1) is 11.5. The maximum atomic E-state index is 5.42. The molecule has 0 heterocycles. The zero-order chi connectivity index (χ0) is 11.3. The van der Waals surface area contributed by atoms with Crippen molar-refractivity contribution in [1.82, 2.24) is 0 Å². The zero-order valence-electron chi connectivity index (χ0n) is 9.82. The average Bonchev–Trinajstić information content (AvgIpc) is 2.19. The van der Waals surface area contributed by atoms with Crippen molar-refractivity contribution in [1.29, 1.82) is 0 Å². The molecule has 0 fully saturated rings. The van der Waals surface area contributed by atoms with Gasteiger partial charge in [0.15, 0.2) is 6.21 Å². The van der Waals surface area contributed by atoms with Crippen molar-refractivity contribution in [3.8, 4) is 0 Å². The van der Waals surface area contributed by atoms with E-state index in [4.69, 9.17) is 4.74 Å². The average molecular weight is 204 g/mol. The second-order valence-electron chi connectivity index (χ2n) is 3.67. The number of nitrogens with zero attached hydrogens (tertiary/aromatic N) is 1. The van der Waals surface area contributed by atoms with Gasteiger partial charge in [0.1, 0.15) is 19.9 Å². The topological polar surface area (TPSA) is 12.2 Å². The van der Waals surface area contributed by atoms with Crippen molar-refractivity contribution in [2.75, 3.05) is 21.2 Å². The van der Waals surface area contributed by atoms with Crippen LogP contribution in [-0.2, 0) is 4.74 Å². The smallest absolute Gasteiger partial charge is 0.169 e. The van der Waals surface area contributed by atoms with Crippen LogP contribution in [0.2, 0.25) is 0 Å². The maximum absolute atomic E-state index is 5.42. The van der Waals surface area contributed by atoms with Gasteiger partial charge in [0.2, 0.25) is 0 Å². The Labute approximate surface area is 91.5 Å². The number of rotatable bonds is 3. The van der Waals surface area contributed by atoms with Gasteiger partial charge in [-0.25, -0.2) is 4.58 Å². The van der Waals surface area contributed by atoms with Gasteiger partial charge in [-0.1, -0.05) is 30.3 Å². The third-order valence-electron chi connectivity index (χ3n) is 2.05. The summed E-state index contributed by atoms with van der Waals surface area (Å²) in [7, 11) is 5.71. The van der Waals surface area contributed by atoms with Crippen LogP contribution in [0.5, 0.6) is 0 Å². The Bertz CT molecular complexity index is 373. The molecular formula is C13H18NO+. The summed E-state index contributed by atoms with van der Waals surface area (Å²) in [4.78, 5) is 0. The second kappa shape index (κ2) is 5.35. The molecule has 0 saturated heterocycles. The monoisotopic (exact) mass is 204 g/mol. The Morgan fingerprint density at radius 3 is 2.27 bits per heavy atom. The first-order chi connectivity index (χ1) is 7.15. The fourth-order valence-corrected chi connectivity index (χ4v) is 1.54. The maximum Gasteiger partial charge on any atom is 0.169 e. The highest BCUT2D eigenvalue weighted by molar-refractivity contribution is 5.85. The fraction of sp³-hybridized carbons (Fsp3) is 0.308. The summed E-state index contributed by atoms with van der Waals surface area (Å²) >= 11 is 0. The third-order valence-corrected chi connectivity index (χ3v) is 2.05. The third kappa shape index (κ3) is 3.24. The first-order valence-corrected chi connectivity index (χ1v) is 4.96. The molecule has 2 nitrogen and oxygen atoms in total. The van der Waals surface area contributed by atoms with E-state index >= 15 is 0 Å². The lowest BCUT2D eigenvalue weighted by atomic mass is 10.1. The summed E-state index contributed by atoms with van der Waals surface area (Å²) in [5.74, 6) is 0.921. The summed E-state index contributed by atoms with van der Waals surface area (Å²) < 4.78 is 7.43. The van der Waals surface area contributed by atoms with Gasteiger partial charge >= 0.3 is 0 Å². The van der Waals surface area contributed by atoms with Crippen LogP contribution in [0, 0.1) is 0 Å². The summed E-state index contributed by atoms with van der Waals surface area (Å²) in [5.41, 5.74) is 2.23. The van der Waals surface area contributed by atoms with Crippen molar-refractivity contribution in [3.05, 3.63) is 41.5 Å². The van der Waals surface area contributed by atoms with Gasteiger partial charge in [-0.2, -0.15) is 0 Å². The standard InChI is InChI=1S/C13H18NO/c1-11(10-14(2)3)13(15-4)12-8-6-5-7-9-12/h5-10H,1-4H3/q+1/b13-11+. The Balaban J connectivity index is 3.14. The van der Waals surface area contributed by atoms with Gasteiger partial charge in [0, 0.05) is 5.56 Å². The normalized spacial score (nSPS) is 11.7. The van der Waals surface area contributed by atoms with Crippen LogP contribution >= 0.6 is 0 Å². The molecule has 1 aromatic rings. The van der Waals surface area contributed by atoms with E-state index in [1.807, 2.05) is 62.1 Å². The van der Waals surface area contributed by atoms with Gasteiger partial charge in [-0.15, -0.1) is 0 Å². The quantitative estimate of drug-likeness (QED) is 0.418. The lowest BCUT2D eigenvalue weighted by molar-refractivity contribution is -0.459. The molecular weight excluding hydrogens is 186 g/mol. The van der Waals surface area contributed by atoms with E-state index in [1.165, 1.54) is 0 Å². The van der Waals surface area contributed by atoms with Crippen LogP contribution in [0.15, 0.2) is 35.9 Å². The number of benzene rings is 1. The Morgan fingerprint density at radius 1 is 1.20 bits per heavy atom. The molecule has 0 spiro atoms. The number of ether oxygens (including phenoxy) is 1. The highest BCUT2D eigenvalue weighted by atomic mass is 16.5. The molecule has 15 heavy (non-hydrogen) atoms. The molecule has 1 aromatic carbocycles. The number of hydrogen-bond donors (Lipinski definition) is 0. The zero-order valence-corrected chi connectivity index (χ0v) is 9.82. The predicted octanol–water partition coefficient (Wildman–Crippen LogP) is 2.41. The van der Waals surface area contributed by atoms with Crippen molar-refractivity contribution >= 4 is 12.0 Å². The molecule has 0 aliphatic rings. The van der Waals surface area contributed by atoms with Crippen LogP contribution in [0.4, 0.5) is 0 Å². The molecule has 0 unspecified atom stereocenters.